The van der Waals surface area contributed by atoms with Gasteiger partial charge < -0.3 is 10.2 Å². The highest BCUT2D eigenvalue weighted by Gasteiger charge is 2.24. The molecule has 0 amide bonds. The van der Waals surface area contributed by atoms with Gasteiger partial charge in [-0.25, -0.2) is 0 Å². The van der Waals surface area contributed by atoms with E-state index in [1.54, 1.807) is 6.07 Å². The van der Waals surface area contributed by atoms with Gasteiger partial charge >= 0.3 is 0 Å². The highest BCUT2D eigenvalue weighted by Crippen LogP contribution is 2.38. The third-order valence-corrected chi connectivity index (χ3v) is 3.12. The first-order valence-electron chi connectivity index (χ1n) is 4.85. The molecule has 2 N–H and O–H groups in total. The average molecular weight is 193 g/mol. The van der Waals surface area contributed by atoms with E-state index in [1.807, 2.05) is 6.07 Å². The zero-order valence-electron chi connectivity index (χ0n) is 8.49. The van der Waals surface area contributed by atoms with Crippen molar-refractivity contribution in [1.29, 1.82) is 0 Å². The number of hydrogen-bond donors (Lipinski definition) is 2. The normalized spacial score (nSPS) is 22.0. The zero-order chi connectivity index (χ0) is 10.3. The standard InChI is InChI=1S/C11H15NO2/c1-7-8-3-4-10(13)11(14)9(8)5-6-12(7)2/h3-4,7,13-14H,5-6H2,1-2H3. The third kappa shape index (κ3) is 1.24. The predicted molar refractivity (Wildman–Crippen MR) is 54.5 cm³/mol. The minimum atomic E-state index is -0.0134. The highest BCUT2D eigenvalue weighted by atomic mass is 16.3. The molecule has 1 aliphatic heterocycles. The zero-order valence-corrected chi connectivity index (χ0v) is 8.49. The molecule has 3 nitrogen and oxygen atoms in total. The highest BCUT2D eigenvalue weighted by molar-refractivity contribution is 5.50. The van der Waals surface area contributed by atoms with Crippen LogP contribution in [0.25, 0.3) is 0 Å². The molecule has 0 fully saturated rings. The van der Waals surface area contributed by atoms with Crippen LogP contribution in [0.2, 0.25) is 0 Å². The second-order valence-electron chi connectivity index (χ2n) is 3.91. The lowest BCUT2D eigenvalue weighted by Crippen LogP contribution is -2.30. The fraction of sp³-hybridized carbons (Fsp3) is 0.455. The molecular formula is C11H15NO2. The lowest BCUT2D eigenvalue weighted by molar-refractivity contribution is 0.243. The molecule has 1 unspecified atom stereocenters. The summed E-state index contributed by atoms with van der Waals surface area (Å²) in [7, 11) is 2.07. The molecular weight excluding hydrogens is 178 g/mol. The van der Waals surface area contributed by atoms with Crippen molar-refractivity contribution in [2.45, 2.75) is 19.4 Å². The third-order valence-electron chi connectivity index (χ3n) is 3.12. The van der Waals surface area contributed by atoms with Crippen LogP contribution in [0.15, 0.2) is 12.1 Å². The number of nitrogens with zero attached hydrogens (tertiary/aromatic N) is 1. The van der Waals surface area contributed by atoms with Gasteiger partial charge in [-0.15, -0.1) is 0 Å². The molecule has 2 rings (SSSR count). The van der Waals surface area contributed by atoms with Gasteiger partial charge in [-0.05, 0) is 32.0 Å². The number of aromatic hydroxyl groups is 2. The molecule has 3 heteroatoms. The summed E-state index contributed by atoms with van der Waals surface area (Å²) in [4.78, 5) is 2.23. The van der Waals surface area contributed by atoms with Crippen LogP contribution in [-0.2, 0) is 6.42 Å². The average Bonchev–Trinajstić information content (AvgIpc) is 2.17. The van der Waals surface area contributed by atoms with Crippen LogP contribution < -0.4 is 0 Å². The van der Waals surface area contributed by atoms with Crippen LogP contribution in [0, 0.1) is 0 Å². The summed E-state index contributed by atoms with van der Waals surface area (Å²) >= 11 is 0. The molecule has 0 aromatic heterocycles. The van der Waals surface area contributed by atoms with Crippen LogP contribution in [0.3, 0.4) is 0 Å². The molecule has 0 saturated heterocycles. The number of hydrogen-bond acceptors (Lipinski definition) is 3. The summed E-state index contributed by atoms with van der Waals surface area (Å²) in [6.07, 6.45) is 0.802. The smallest absolute Gasteiger partial charge is 0.161 e. The van der Waals surface area contributed by atoms with Gasteiger partial charge in [0.2, 0.25) is 0 Å². The quantitative estimate of drug-likeness (QED) is 0.616. The van der Waals surface area contributed by atoms with Crippen LogP contribution >= 0.6 is 0 Å². The van der Waals surface area contributed by atoms with Crippen LogP contribution in [0.5, 0.6) is 11.5 Å². The maximum Gasteiger partial charge on any atom is 0.161 e. The molecule has 0 aliphatic carbocycles. The number of phenolic OH excluding ortho intramolecular Hbond substituents is 2. The molecule has 0 radical (unpaired) electrons. The van der Waals surface area contributed by atoms with Gasteiger partial charge in [-0.1, -0.05) is 6.07 Å². The van der Waals surface area contributed by atoms with E-state index in [9.17, 15) is 10.2 Å². The summed E-state index contributed by atoms with van der Waals surface area (Å²) in [6, 6.07) is 3.76. The van der Waals surface area contributed by atoms with Crippen LogP contribution in [-0.4, -0.2) is 28.7 Å². The van der Waals surface area contributed by atoms with Crippen molar-refractivity contribution in [2.75, 3.05) is 13.6 Å². The molecule has 0 spiro atoms. The van der Waals surface area contributed by atoms with Gasteiger partial charge in [-0.2, -0.15) is 0 Å². The van der Waals surface area contributed by atoms with Crippen molar-refractivity contribution in [2.24, 2.45) is 0 Å². The lowest BCUT2D eigenvalue weighted by Gasteiger charge is -2.32. The Hall–Kier alpha value is -1.22. The van der Waals surface area contributed by atoms with Gasteiger partial charge in [0.05, 0.1) is 0 Å². The van der Waals surface area contributed by atoms with Crippen molar-refractivity contribution in [1.82, 2.24) is 4.90 Å². The van der Waals surface area contributed by atoms with E-state index in [1.165, 1.54) is 0 Å². The topological polar surface area (TPSA) is 43.7 Å². The summed E-state index contributed by atoms with van der Waals surface area (Å²) < 4.78 is 0. The summed E-state index contributed by atoms with van der Waals surface area (Å²) in [5.41, 5.74) is 2.02. The second kappa shape index (κ2) is 3.17. The van der Waals surface area contributed by atoms with Gasteiger partial charge in [0.25, 0.3) is 0 Å². The number of fused-ring (bicyclic) bond motifs is 1. The molecule has 1 aromatic carbocycles. The fourth-order valence-corrected chi connectivity index (χ4v) is 2.01. The Morgan fingerprint density at radius 3 is 2.79 bits per heavy atom. The van der Waals surface area contributed by atoms with E-state index >= 15 is 0 Å². The molecule has 1 atom stereocenters. The molecule has 76 valence electrons. The molecule has 1 heterocycles. The molecule has 1 aliphatic rings. The summed E-state index contributed by atoms with van der Waals surface area (Å²) in [5, 5.41) is 19.0. The van der Waals surface area contributed by atoms with Crippen molar-refractivity contribution >= 4 is 0 Å². The number of rotatable bonds is 0. The van der Waals surface area contributed by atoms with E-state index in [0.29, 0.717) is 6.04 Å². The van der Waals surface area contributed by atoms with Crippen molar-refractivity contribution in [3.63, 3.8) is 0 Å². The first-order chi connectivity index (χ1) is 6.61. The summed E-state index contributed by atoms with van der Waals surface area (Å²) in [6.45, 7) is 3.03. The maximum absolute atomic E-state index is 9.68. The Morgan fingerprint density at radius 1 is 1.36 bits per heavy atom. The minimum Gasteiger partial charge on any atom is -0.504 e. The van der Waals surface area contributed by atoms with Gasteiger partial charge in [0.15, 0.2) is 11.5 Å². The van der Waals surface area contributed by atoms with E-state index in [0.717, 1.165) is 24.1 Å². The van der Waals surface area contributed by atoms with Crippen molar-refractivity contribution in [3.8, 4) is 11.5 Å². The molecule has 0 saturated carbocycles. The lowest BCUT2D eigenvalue weighted by atomic mass is 9.93. The Balaban J connectivity index is 2.53. The minimum absolute atomic E-state index is 0.0134. The second-order valence-corrected chi connectivity index (χ2v) is 3.91. The first-order valence-corrected chi connectivity index (χ1v) is 4.85. The van der Waals surface area contributed by atoms with E-state index in [4.69, 9.17) is 0 Å². The van der Waals surface area contributed by atoms with E-state index < -0.39 is 0 Å². The van der Waals surface area contributed by atoms with Crippen molar-refractivity contribution < 1.29 is 10.2 Å². The van der Waals surface area contributed by atoms with Gasteiger partial charge in [0.1, 0.15) is 0 Å². The maximum atomic E-state index is 9.68. The Bertz CT molecular complexity index is 363. The molecule has 14 heavy (non-hydrogen) atoms. The van der Waals surface area contributed by atoms with Crippen LogP contribution in [0.1, 0.15) is 24.1 Å². The largest absolute Gasteiger partial charge is 0.504 e. The number of phenols is 2. The number of benzene rings is 1. The fourth-order valence-electron chi connectivity index (χ4n) is 2.01. The van der Waals surface area contributed by atoms with Crippen molar-refractivity contribution in [3.05, 3.63) is 23.3 Å². The van der Waals surface area contributed by atoms with Gasteiger partial charge in [0, 0.05) is 18.2 Å². The molecule has 1 aromatic rings. The Kier molecular flexibility index (Phi) is 2.11. The van der Waals surface area contributed by atoms with Crippen LogP contribution in [0.4, 0.5) is 0 Å². The van der Waals surface area contributed by atoms with Gasteiger partial charge in [-0.3, -0.25) is 4.90 Å². The Morgan fingerprint density at radius 2 is 2.07 bits per heavy atom. The summed E-state index contributed by atoms with van der Waals surface area (Å²) in [5.74, 6) is 0.0444. The Labute approximate surface area is 83.6 Å². The van der Waals surface area contributed by atoms with E-state index in [2.05, 4.69) is 18.9 Å². The van der Waals surface area contributed by atoms with E-state index in [-0.39, 0.29) is 11.5 Å². The SMILES string of the molecule is CC1c2ccc(O)c(O)c2CCN1C. The predicted octanol–water partition coefficient (Wildman–Crippen LogP) is 1.65. The monoisotopic (exact) mass is 193 g/mol. The number of likely N-dealkylation sites (N-methyl/N-ethyl adjacent to an activating group) is 1. The molecule has 0 bridgehead atoms. The first kappa shape index (κ1) is 9.34.